The second kappa shape index (κ2) is 7.51. The molecule has 0 unspecified atom stereocenters. The van der Waals surface area contributed by atoms with Crippen molar-refractivity contribution in [3.05, 3.63) is 40.8 Å². The van der Waals surface area contributed by atoms with E-state index in [0.717, 1.165) is 5.39 Å². The Morgan fingerprint density at radius 2 is 1.79 bits per heavy atom. The maximum Gasteiger partial charge on any atom is 0.260 e. The van der Waals surface area contributed by atoms with Crippen LogP contribution in [0.25, 0.3) is 10.8 Å². The first-order valence-corrected chi connectivity index (χ1v) is 8.43. The predicted molar refractivity (Wildman–Crippen MR) is 96.5 cm³/mol. The van der Waals surface area contributed by atoms with Gasteiger partial charge in [0.25, 0.3) is 11.5 Å². The third kappa shape index (κ3) is 3.61. The van der Waals surface area contributed by atoms with E-state index in [1.165, 1.54) is 0 Å². The summed E-state index contributed by atoms with van der Waals surface area (Å²) in [5.41, 5.74) is -0.0437. The van der Waals surface area contributed by atoms with Crippen LogP contribution in [0.15, 0.2) is 35.3 Å². The third-order valence-corrected chi connectivity index (χ3v) is 4.07. The summed E-state index contributed by atoms with van der Waals surface area (Å²) in [5.74, 6) is 0.507. The van der Waals surface area contributed by atoms with Gasteiger partial charge in [-0.15, -0.1) is 0 Å². The lowest BCUT2D eigenvalue weighted by Crippen LogP contribution is -2.44. The zero-order valence-electron chi connectivity index (χ0n) is 15.1. The van der Waals surface area contributed by atoms with Crippen LogP contribution in [-0.4, -0.2) is 34.1 Å². The summed E-state index contributed by atoms with van der Waals surface area (Å²) in [6.07, 6.45) is 1.76. The van der Waals surface area contributed by atoms with Gasteiger partial charge in [0.15, 0.2) is 6.61 Å². The molecular formula is C19H26N2O3. The fourth-order valence-corrected chi connectivity index (χ4v) is 3.05. The molecule has 2 rings (SSSR count). The molecule has 0 aliphatic rings. The summed E-state index contributed by atoms with van der Waals surface area (Å²) in [6.45, 7) is 10.5. The van der Waals surface area contributed by atoms with Gasteiger partial charge >= 0.3 is 0 Å². The van der Waals surface area contributed by atoms with Gasteiger partial charge in [0.05, 0.1) is 5.39 Å². The number of pyridine rings is 1. The summed E-state index contributed by atoms with van der Waals surface area (Å²) < 4.78 is 7.40. The number of benzene rings is 1. The zero-order chi connectivity index (χ0) is 17.9. The maximum absolute atomic E-state index is 12.4. The molecule has 1 amide bonds. The molecule has 0 aliphatic carbocycles. The molecule has 0 spiro atoms. The normalized spacial score (nSPS) is 11.3. The number of rotatable bonds is 6. The van der Waals surface area contributed by atoms with E-state index in [4.69, 9.17) is 4.74 Å². The molecular weight excluding hydrogens is 304 g/mol. The molecule has 2 aromatic rings. The minimum atomic E-state index is -0.0566. The Kier molecular flexibility index (Phi) is 5.65. The highest BCUT2D eigenvalue weighted by molar-refractivity contribution is 5.88. The molecule has 0 aliphatic heterocycles. The summed E-state index contributed by atoms with van der Waals surface area (Å²) in [6, 6.07) is 7.46. The van der Waals surface area contributed by atoms with Crippen molar-refractivity contribution in [2.75, 3.05) is 6.61 Å². The highest BCUT2D eigenvalue weighted by Gasteiger charge is 2.20. The average molecular weight is 330 g/mol. The Balaban J connectivity index is 2.26. The minimum Gasteiger partial charge on any atom is -0.483 e. The van der Waals surface area contributed by atoms with Crippen molar-refractivity contribution in [3.8, 4) is 5.75 Å². The largest absolute Gasteiger partial charge is 0.483 e. The van der Waals surface area contributed by atoms with E-state index in [2.05, 4.69) is 0 Å². The van der Waals surface area contributed by atoms with Crippen molar-refractivity contribution < 1.29 is 9.53 Å². The number of ether oxygens (including phenoxy) is 1. The van der Waals surface area contributed by atoms with Crippen molar-refractivity contribution in [1.29, 1.82) is 0 Å². The molecule has 130 valence electrons. The summed E-state index contributed by atoms with van der Waals surface area (Å²) >= 11 is 0. The Bertz CT molecular complexity index is 770. The van der Waals surface area contributed by atoms with Gasteiger partial charge in [0.2, 0.25) is 0 Å². The molecule has 5 nitrogen and oxygen atoms in total. The average Bonchev–Trinajstić information content (AvgIpc) is 2.52. The van der Waals surface area contributed by atoms with E-state index in [0.29, 0.717) is 17.7 Å². The van der Waals surface area contributed by atoms with Gasteiger partial charge in [-0.3, -0.25) is 9.59 Å². The van der Waals surface area contributed by atoms with Crippen LogP contribution in [0.2, 0.25) is 0 Å². The van der Waals surface area contributed by atoms with E-state index in [1.807, 2.05) is 40.7 Å². The van der Waals surface area contributed by atoms with Crippen LogP contribution in [-0.2, 0) is 11.3 Å². The fraction of sp³-hybridized carbons (Fsp3) is 0.474. The van der Waals surface area contributed by atoms with E-state index in [1.54, 1.807) is 33.9 Å². The molecule has 0 saturated heterocycles. The van der Waals surface area contributed by atoms with Gasteiger partial charge in [-0.1, -0.05) is 6.07 Å². The van der Waals surface area contributed by atoms with E-state index < -0.39 is 0 Å². The molecule has 0 atom stereocenters. The van der Waals surface area contributed by atoms with Gasteiger partial charge in [0, 0.05) is 30.2 Å². The lowest BCUT2D eigenvalue weighted by atomic mass is 10.1. The molecule has 1 heterocycles. The van der Waals surface area contributed by atoms with Crippen molar-refractivity contribution in [1.82, 2.24) is 9.47 Å². The maximum atomic E-state index is 12.4. The molecule has 0 saturated carbocycles. The smallest absolute Gasteiger partial charge is 0.260 e. The molecule has 24 heavy (non-hydrogen) atoms. The highest BCUT2D eigenvalue weighted by Crippen LogP contribution is 2.23. The molecule has 0 N–H and O–H groups in total. The van der Waals surface area contributed by atoms with E-state index >= 15 is 0 Å². The predicted octanol–water partition coefficient (Wildman–Crippen LogP) is 3.05. The first kappa shape index (κ1) is 18.0. The Morgan fingerprint density at radius 1 is 1.12 bits per heavy atom. The number of nitrogens with zero attached hydrogens (tertiary/aromatic N) is 2. The molecule has 0 bridgehead atoms. The van der Waals surface area contributed by atoms with Gasteiger partial charge in [0.1, 0.15) is 5.75 Å². The third-order valence-electron chi connectivity index (χ3n) is 4.07. The molecule has 1 aromatic heterocycles. The van der Waals surface area contributed by atoms with Crippen molar-refractivity contribution in [3.63, 3.8) is 0 Å². The number of aromatic nitrogens is 1. The van der Waals surface area contributed by atoms with Crippen LogP contribution >= 0.6 is 0 Å². The van der Waals surface area contributed by atoms with Crippen LogP contribution in [0.4, 0.5) is 0 Å². The van der Waals surface area contributed by atoms with Gasteiger partial charge < -0.3 is 14.2 Å². The number of carbonyl (C=O) groups excluding carboxylic acids is 1. The van der Waals surface area contributed by atoms with Gasteiger partial charge in [-0.25, -0.2) is 0 Å². The fourth-order valence-electron chi connectivity index (χ4n) is 3.05. The van der Waals surface area contributed by atoms with E-state index in [-0.39, 0.29) is 30.2 Å². The lowest BCUT2D eigenvalue weighted by molar-refractivity contribution is -0.136. The number of hydrogen-bond acceptors (Lipinski definition) is 3. The van der Waals surface area contributed by atoms with Crippen LogP contribution in [0, 0.1) is 0 Å². The van der Waals surface area contributed by atoms with Crippen molar-refractivity contribution in [2.24, 2.45) is 0 Å². The Hall–Kier alpha value is -2.30. The van der Waals surface area contributed by atoms with Crippen LogP contribution in [0.1, 0.15) is 34.6 Å². The minimum absolute atomic E-state index is 0.0354. The summed E-state index contributed by atoms with van der Waals surface area (Å²) in [7, 11) is 0. The zero-order valence-corrected chi connectivity index (χ0v) is 15.1. The topological polar surface area (TPSA) is 51.5 Å². The lowest BCUT2D eigenvalue weighted by Gasteiger charge is -2.30. The highest BCUT2D eigenvalue weighted by atomic mass is 16.5. The van der Waals surface area contributed by atoms with Crippen LogP contribution < -0.4 is 10.3 Å². The van der Waals surface area contributed by atoms with Crippen molar-refractivity contribution >= 4 is 16.7 Å². The second-order valence-electron chi connectivity index (χ2n) is 6.40. The monoisotopic (exact) mass is 330 g/mol. The summed E-state index contributed by atoms with van der Waals surface area (Å²) in [5, 5.41) is 1.34. The van der Waals surface area contributed by atoms with Crippen LogP contribution in [0.3, 0.4) is 0 Å². The van der Waals surface area contributed by atoms with Gasteiger partial charge in [-0.05, 0) is 52.8 Å². The number of carbonyl (C=O) groups is 1. The van der Waals surface area contributed by atoms with Crippen LogP contribution in [0.5, 0.6) is 5.75 Å². The summed E-state index contributed by atoms with van der Waals surface area (Å²) in [4.78, 5) is 26.6. The van der Waals surface area contributed by atoms with Crippen molar-refractivity contribution in [2.45, 2.75) is 53.2 Å². The van der Waals surface area contributed by atoms with E-state index in [9.17, 15) is 9.59 Å². The quantitative estimate of drug-likeness (QED) is 0.818. The molecule has 5 heteroatoms. The molecule has 1 aromatic carbocycles. The standard InChI is InChI=1S/C19H26N2O3/c1-6-20-11-10-15-16(19(20)23)8-7-9-17(15)24-12-18(22)21(13(2)3)14(4)5/h7-11,13-14H,6,12H2,1-5H3. The number of fused-ring (bicyclic) bond motifs is 1. The number of amides is 1. The SMILES string of the molecule is CCn1ccc2c(OCC(=O)N(C(C)C)C(C)C)cccc2c1=O. The second-order valence-corrected chi connectivity index (χ2v) is 6.40. The van der Waals surface area contributed by atoms with Gasteiger partial charge in [-0.2, -0.15) is 0 Å². The number of hydrogen-bond donors (Lipinski definition) is 0. The Labute approximate surface area is 142 Å². The first-order valence-electron chi connectivity index (χ1n) is 8.43. The molecule has 0 radical (unpaired) electrons. The Morgan fingerprint density at radius 3 is 2.38 bits per heavy atom. The molecule has 0 fully saturated rings. The number of aryl methyl sites for hydroxylation is 1. The first-order chi connectivity index (χ1) is 11.4.